The Morgan fingerprint density at radius 2 is 2.08 bits per heavy atom. The average Bonchev–Trinajstić information content (AvgIpc) is 3.27. The lowest BCUT2D eigenvalue weighted by molar-refractivity contribution is 0.229. The second kappa shape index (κ2) is 7.26. The number of aromatic nitrogens is 3. The molecule has 1 fully saturated rings. The van der Waals surface area contributed by atoms with Crippen molar-refractivity contribution in [3.63, 3.8) is 0 Å². The molecule has 0 bridgehead atoms. The summed E-state index contributed by atoms with van der Waals surface area (Å²) in [5, 5.41) is 13.9. The second-order valence-corrected chi connectivity index (χ2v) is 7.87. The smallest absolute Gasteiger partial charge is 0.144 e. The molecule has 4 N–H and O–H groups in total. The van der Waals surface area contributed by atoms with Crippen LogP contribution in [-0.2, 0) is 6.54 Å². The number of hydrogen-bond donors (Lipinski definition) is 3. The fourth-order valence-corrected chi connectivity index (χ4v) is 4.69. The van der Waals surface area contributed by atoms with Gasteiger partial charge in [0.1, 0.15) is 16.6 Å². The van der Waals surface area contributed by atoms with Crippen molar-refractivity contribution in [3.8, 4) is 10.6 Å². The normalized spacial score (nSPS) is 20.0. The Bertz CT molecular complexity index is 892. The highest BCUT2D eigenvalue weighted by Gasteiger charge is 2.26. The van der Waals surface area contributed by atoms with E-state index in [0.29, 0.717) is 24.3 Å². The van der Waals surface area contributed by atoms with Crippen LogP contribution in [0, 0.1) is 12.8 Å². The van der Waals surface area contributed by atoms with Crippen LogP contribution in [0.3, 0.4) is 0 Å². The maximum atomic E-state index is 9.41. The minimum atomic E-state index is 0.250. The fourth-order valence-electron chi connectivity index (χ4n) is 3.63. The van der Waals surface area contributed by atoms with Gasteiger partial charge in [0.25, 0.3) is 0 Å². The number of thiazole rings is 1. The SMILES string of the molecule is Cc1nc(CN)nc(N[C@H]2CC[C@@H](CO)C2)c1-c1nc2ccccc2s1. The molecule has 0 saturated heterocycles. The number of aliphatic hydroxyl groups is 1. The van der Waals surface area contributed by atoms with E-state index in [2.05, 4.69) is 21.4 Å². The van der Waals surface area contributed by atoms with E-state index in [-0.39, 0.29) is 6.61 Å². The molecular weight excluding hydrogens is 346 g/mol. The Morgan fingerprint density at radius 3 is 2.81 bits per heavy atom. The van der Waals surface area contributed by atoms with Gasteiger partial charge in [-0.3, -0.25) is 0 Å². The van der Waals surface area contributed by atoms with Crippen LogP contribution in [0.1, 0.15) is 30.8 Å². The number of benzene rings is 1. The fraction of sp³-hybridized carbons (Fsp3) is 0.421. The van der Waals surface area contributed by atoms with Crippen molar-refractivity contribution in [2.45, 2.75) is 38.8 Å². The molecule has 6 nitrogen and oxygen atoms in total. The van der Waals surface area contributed by atoms with Gasteiger partial charge in [-0.2, -0.15) is 0 Å². The zero-order valence-electron chi connectivity index (χ0n) is 14.8. The van der Waals surface area contributed by atoms with Gasteiger partial charge >= 0.3 is 0 Å². The number of nitrogens with zero attached hydrogens (tertiary/aromatic N) is 3. The van der Waals surface area contributed by atoms with Crippen molar-refractivity contribution in [1.82, 2.24) is 15.0 Å². The number of nitrogens with two attached hydrogens (primary N) is 1. The number of hydrogen-bond acceptors (Lipinski definition) is 7. The lowest BCUT2D eigenvalue weighted by Gasteiger charge is -2.18. The topological polar surface area (TPSA) is 97.0 Å². The Morgan fingerprint density at radius 1 is 1.23 bits per heavy atom. The average molecular weight is 369 g/mol. The van der Waals surface area contributed by atoms with Crippen LogP contribution in [0.25, 0.3) is 20.8 Å². The van der Waals surface area contributed by atoms with Crippen LogP contribution in [0.4, 0.5) is 5.82 Å². The molecule has 2 atom stereocenters. The predicted molar refractivity (Wildman–Crippen MR) is 105 cm³/mol. The summed E-state index contributed by atoms with van der Waals surface area (Å²) >= 11 is 1.65. The molecule has 0 spiro atoms. The molecule has 7 heteroatoms. The van der Waals surface area contributed by atoms with Crippen molar-refractivity contribution in [2.24, 2.45) is 11.7 Å². The predicted octanol–water partition coefficient (Wildman–Crippen LogP) is 3.09. The molecule has 1 aliphatic carbocycles. The van der Waals surface area contributed by atoms with Crippen LogP contribution in [0.2, 0.25) is 0 Å². The van der Waals surface area contributed by atoms with Crippen LogP contribution >= 0.6 is 11.3 Å². The first-order chi connectivity index (χ1) is 12.7. The first-order valence-corrected chi connectivity index (χ1v) is 9.80. The highest BCUT2D eigenvalue weighted by atomic mass is 32.1. The molecule has 1 aliphatic rings. The lowest BCUT2D eigenvalue weighted by Crippen LogP contribution is -2.19. The number of aliphatic hydroxyl groups excluding tert-OH is 1. The third-order valence-electron chi connectivity index (χ3n) is 4.97. The molecule has 0 aliphatic heterocycles. The first-order valence-electron chi connectivity index (χ1n) is 8.99. The van der Waals surface area contributed by atoms with E-state index in [1.54, 1.807) is 11.3 Å². The largest absolute Gasteiger partial charge is 0.396 e. The molecule has 1 aromatic carbocycles. The number of para-hydroxylation sites is 1. The van der Waals surface area contributed by atoms with Gasteiger partial charge in [0.05, 0.1) is 28.0 Å². The highest BCUT2D eigenvalue weighted by molar-refractivity contribution is 7.21. The second-order valence-electron chi connectivity index (χ2n) is 6.84. The van der Waals surface area contributed by atoms with Crippen LogP contribution in [0.5, 0.6) is 0 Å². The molecular formula is C19H23N5OS. The molecule has 3 aromatic rings. The van der Waals surface area contributed by atoms with Crippen LogP contribution in [-0.4, -0.2) is 32.7 Å². The molecule has 1 saturated carbocycles. The Kier molecular flexibility index (Phi) is 4.84. The third kappa shape index (κ3) is 3.30. The maximum absolute atomic E-state index is 9.41. The van der Waals surface area contributed by atoms with Crippen molar-refractivity contribution >= 4 is 27.4 Å². The van der Waals surface area contributed by atoms with Gasteiger partial charge in [-0.1, -0.05) is 12.1 Å². The van der Waals surface area contributed by atoms with E-state index in [9.17, 15) is 5.11 Å². The molecule has 2 aromatic heterocycles. The molecule has 0 amide bonds. The minimum absolute atomic E-state index is 0.250. The van der Waals surface area contributed by atoms with E-state index < -0.39 is 0 Å². The van der Waals surface area contributed by atoms with E-state index in [1.165, 1.54) is 0 Å². The van der Waals surface area contributed by atoms with Crippen molar-refractivity contribution in [1.29, 1.82) is 0 Å². The zero-order chi connectivity index (χ0) is 18.1. The molecule has 26 heavy (non-hydrogen) atoms. The lowest BCUT2D eigenvalue weighted by atomic mass is 10.1. The number of aryl methyl sites for hydroxylation is 1. The van der Waals surface area contributed by atoms with E-state index in [4.69, 9.17) is 10.7 Å². The summed E-state index contributed by atoms with van der Waals surface area (Å²) < 4.78 is 1.15. The quantitative estimate of drug-likeness (QED) is 0.639. The minimum Gasteiger partial charge on any atom is -0.396 e. The zero-order valence-corrected chi connectivity index (χ0v) is 15.6. The standard InChI is InChI=1S/C19H23N5OS/c1-11-17(19-23-14-4-2-3-5-15(14)26-19)18(24-16(9-20)21-11)22-13-7-6-12(8-13)10-25/h2-5,12-13,25H,6-10,20H2,1H3,(H,21,22,24)/t12-,13+/m1/s1. The molecule has 0 unspecified atom stereocenters. The summed E-state index contributed by atoms with van der Waals surface area (Å²) in [6.45, 7) is 2.54. The van der Waals surface area contributed by atoms with Crippen molar-refractivity contribution in [2.75, 3.05) is 11.9 Å². The molecule has 2 heterocycles. The summed E-state index contributed by atoms with van der Waals surface area (Å²) in [5.41, 5.74) is 8.62. The Balaban J connectivity index is 1.75. The van der Waals surface area contributed by atoms with Crippen molar-refractivity contribution in [3.05, 3.63) is 35.8 Å². The molecule has 136 valence electrons. The van der Waals surface area contributed by atoms with Crippen LogP contribution in [0.15, 0.2) is 24.3 Å². The van der Waals surface area contributed by atoms with Crippen molar-refractivity contribution < 1.29 is 5.11 Å². The van der Waals surface area contributed by atoms with Gasteiger partial charge in [-0.15, -0.1) is 11.3 Å². The van der Waals surface area contributed by atoms with Gasteiger partial charge in [-0.05, 0) is 44.2 Å². The van der Waals surface area contributed by atoms with Gasteiger partial charge in [0.2, 0.25) is 0 Å². The Hall–Kier alpha value is -2.09. The molecule has 4 rings (SSSR count). The maximum Gasteiger partial charge on any atom is 0.144 e. The Labute approximate surface area is 156 Å². The molecule has 0 radical (unpaired) electrons. The number of anilines is 1. The highest BCUT2D eigenvalue weighted by Crippen LogP contribution is 2.37. The first kappa shape index (κ1) is 17.3. The summed E-state index contributed by atoms with van der Waals surface area (Å²) in [5.74, 6) is 1.81. The van der Waals surface area contributed by atoms with Gasteiger partial charge in [-0.25, -0.2) is 15.0 Å². The number of rotatable bonds is 5. The third-order valence-corrected chi connectivity index (χ3v) is 6.02. The van der Waals surface area contributed by atoms with E-state index in [0.717, 1.165) is 51.6 Å². The number of nitrogens with one attached hydrogen (secondary N) is 1. The summed E-state index contributed by atoms with van der Waals surface area (Å²) in [4.78, 5) is 14.0. The summed E-state index contributed by atoms with van der Waals surface area (Å²) in [6.07, 6.45) is 3.03. The van der Waals surface area contributed by atoms with Gasteiger partial charge < -0.3 is 16.2 Å². The van der Waals surface area contributed by atoms with Crippen LogP contribution < -0.4 is 11.1 Å². The summed E-state index contributed by atoms with van der Waals surface area (Å²) in [6, 6.07) is 8.43. The monoisotopic (exact) mass is 369 g/mol. The van der Waals surface area contributed by atoms with Gasteiger partial charge in [0, 0.05) is 12.6 Å². The number of fused-ring (bicyclic) bond motifs is 1. The summed E-state index contributed by atoms with van der Waals surface area (Å²) in [7, 11) is 0. The van der Waals surface area contributed by atoms with E-state index >= 15 is 0 Å². The van der Waals surface area contributed by atoms with E-state index in [1.807, 2.05) is 25.1 Å². The van der Waals surface area contributed by atoms with Gasteiger partial charge in [0.15, 0.2) is 0 Å².